The van der Waals surface area contributed by atoms with Gasteiger partial charge in [-0.15, -0.1) is 0 Å². The molecule has 108 valence electrons. The number of halogens is 2. The van der Waals surface area contributed by atoms with E-state index in [4.69, 9.17) is 21.4 Å². The van der Waals surface area contributed by atoms with Gasteiger partial charge in [-0.2, -0.15) is 0 Å². The average molecular weight is 353 g/mol. The quantitative estimate of drug-likeness (QED) is 0.784. The number of rotatable bonds is 3. The standard InChI is InChI=1S/C12H10Cl2O4S2/c13-19(15,16)12(20(14,17)18)8-6-11(7-9-12)10-4-2-1-3-5-10/h1-8H,9H2. The molecule has 20 heavy (non-hydrogen) atoms. The Balaban J connectivity index is 2.48. The Kier molecular flexibility index (Phi) is 4.03. The van der Waals surface area contributed by atoms with Crippen molar-refractivity contribution in [3.63, 3.8) is 0 Å². The molecule has 0 amide bonds. The van der Waals surface area contributed by atoms with Crippen LogP contribution in [0.3, 0.4) is 0 Å². The van der Waals surface area contributed by atoms with Crippen molar-refractivity contribution in [1.29, 1.82) is 0 Å². The lowest BCUT2D eigenvalue weighted by molar-refractivity contribution is 0.575. The van der Waals surface area contributed by atoms with Crippen molar-refractivity contribution in [3.8, 4) is 0 Å². The predicted octanol–water partition coefficient (Wildman–Crippen LogP) is 2.86. The highest BCUT2D eigenvalue weighted by Gasteiger charge is 2.52. The summed E-state index contributed by atoms with van der Waals surface area (Å²) >= 11 is 0. The van der Waals surface area contributed by atoms with Crippen molar-refractivity contribution >= 4 is 45.0 Å². The van der Waals surface area contributed by atoms with Gasteiger partial charge in [-0.25, -0.2) is 16.8 Å². The molecule has 0 N–H and O–H groups in total. The van der Waals surface area contributed by atoms with Crippen LogP contribution >= 0.6 is 21.4 Å². The molecule has 1 aromatic rings. The van der Waals surface area contributed by atoms with Crippen LogP contribution in [0, 0.1) is 0 Å². The second-order valence-electron chi connectivity index (χ2n) is 4.25. The van der Waals surface area contributed by atoms with Crippen LogP contribution in [-0.2, 0) is 18.1 Å². The Labute approximate surface area is 126 Å². The second-order valence-corrected chi connectivity index (χ2v) is 10.2. The Bertz CT molecular complexity index is 746. The first-order valence-corrected chi connectivity index (χ1v) is 10.1. The molecule has 4 nitrogen and oxygen atoms in total. The highest BCUT2D eigenvalue weighted by Crippen LogP contribution is 2.40. The Morgan fingerprint density at radius 2 is 1.50 bits per heavy atom. The molecule has 1 aliphatic carbocycles. The highest BCUT2D eigenvalue weighted by atomic mass is 35.7. The van der Waals surface area contributed by atoms with Crippen molar-refractivity contribution in [2.24, 2.45) is 0 Å². The molecule has 0 fully saturated rings. The molecule has 0 spiro atoms. The molecule has 0 atom stereocenters. The molecule has 2 rings (SSSR count). The van der Waals surface area contributed by atoms with Gasteiger partial charge in [0.05, 0.1) is 0 Å². The zero-order valence-electron chi connectivity index (χ0n) is 10.0. The van der Waals surface area contributed by atoms with Gasteiger partial charge in [0.2, 0.25) is 4.08 Å². The van der Waals surface area contributed by atoms with Crippen LogP contribution in [0.15, 0.2) is 48.6 Å². The van der Waals surface area contributed by atoms with Gasteiger partial charge in [0.25, 0.3) is 18.1 Å². The lowest BCUT2D eigenvalue weighted by Gasteiger charge is -2.25. The van der Waals surface area contributed by atoms with Crippen LogP contribution < -0.4 is 0 Å². The summed E-state index contributed by atoms with van der Waals surface area (Å²) in [6.45, 7) is 0. The van der Waals surface area contributed by atoms with Gasteiger partial charge < -0.3 is 0 Å². The van der Waals surface area contributed by atoms with Gasteiger partial charge in [-0.05, 0) is 17.2 Å². The van der Waals surface area contributed by atoms with Crippen LogP contribution in [0.1, 0.15) is 12.0 Å². The van der Waals surface area contributed by atoms with Crippen LogP contribution in [-0.4, -0.2) is 20.9 Å². The Morgan fingerprint density at radius 1 is 0.950 bits per heavy atom. The molecule has 0 saturated heterocycles. The van der Waals surface area contributed by atoms with Gasteiger partial charge >= 0.3 is 0 Å². The summed E-state index contributed by atoms with van der Waals surface area (Å²) in [6.07, 6.45) is 3.60. The van der Waals surface area contributed by atoms with Gasteiger partial charge in [0, 0.05) is 27.8 Å². The summed E-state index contributed by atoms with van der Waals surface area (Å²) in [5, 5.41) is 0. The van der Waals surface area contributed by atoms with Crippen molar-refractivity contribution in [3.05, 3.63) is 54.1 Å². The summed E-state index contributed by atoms with van der Waals surface area (Å²) in [7, 11) is 1.69. The molecule has 0 aliphatic heterocycles. The molecule has 0 aromatic heterocycles. The molecule has 0 radical (unpaired) electrons. The fourth-order valence-electron chi connectivity index (χ4n) is 1.93. The van der Waals surface area contributed by atoms with Crippen molar-refractivity contribution < 1.29 is 16.8 Å². The number of hydrogen-bond donors (Lipinski definition) is 0. The topological polar surface area (TPSA) is 68.3 Å². The minimum atomic E-state index is -4.43. The van der Waals surface area contributed by atoms with Crippen molar-refractivity contribution in [1.82, 2.24) is 0 Å². The van der Waals surface area contributed by atoms with E-state index in [1.54, 1.807) is 0 Å². The van der Waals surface area contributed by atoms with Crippen molar-refractivity contribution in [2.45, 2.75) is 10.5 Å². The zero-order valence-corrected chi connectivity index (χ0v) is 13.2. The number of allylic oxidation sites excluding steroid dienone is 3. The van der Waals surface area contributed by atoms with Gasteiger partial charge in [-0.3, -0.25) is 0 Å². The van der Waals surface area contributed by atoms with E-state index in [0.717, 1.165) is 11.6 Å². The summed E-state index contributed by atoms with van der Waals surface area (Å²) in [5.41, 5.74) is 1.55. The maximum absolute atomic E-state index is 11.6. The largest absolute Gasteiger partial charge is 0.258 e. The van der Waals surface area contributed by atoms with Gasteiger partial charge in [-0.1, -0.05) is 42.5 Å². The third-order valence-corrected chi connectivity index (χ3v) is 8.83. The van der Waals surface area contributed by atoms with Crippen LogP contribution in [0.4, 0.5) is 0 Å². The summed E-state index contributed by atoms with van der Waals surface area (Å²) in [4.78, 5) is 0. The number of hydrogen-bond acceptors (Lipinski definition) is 4. The van der Waals surface area contributed by atoms with E-state index in [9.17, 15) is 16.8 Å². The van der Waals surface area contributed by atoms with E-state index in [-0.39, 0.29) is 6.42 Å². The average Bonchev–Trinajstić information content (AvgIpc) is 2.37. The molecule has 8 heteroatoms. The molecule has 0 saturated carbocycles. The number of benzene rings is 1. The third kappa shape index (κ3) is 2.65. The summed E-state index contributed by atoms with van der Waals surface area (Å²) < 4.78 is 44.2. The first-order valence-electron chi connectivity index (χ1n) is 5.51. The first kappa shape index (κ1) is 15.6. The lowest BCUT2D eigenvalue weighted by Crippen LogP contribution is -2.40. The molecule has 0 heterocycles. The van der Waals surface area contributed by atoms with E-state index in [2.05, 4.69) is 0 Å². The van der Waals surface area contributed by atoms with E-state index in [0.29, 0.717) is 5.57 Å². The Morgan fingerprint density at radius 3 is 1.90 bits per heavy atom. The van der Waals surface area contributed by atoms with Crippen LogP contribution in [0.2, 0.25) is 0 Å². The molecular weight excluding hydrogens is 343 g/mol. The van der Waals surface area contributed by atoms with E-state index in [1.165, 1.54) is 12.2 Å². The first-order chi connectivity index (χ1) is 9.17. The van der Waals surface area contributed by atoms with E-state index in [1.807, 2.05) is 30.3 Å². The summed E-state index contributed by atoms with van der Waals surface area (Å²) in [6, 6.07) is 9.14. The normalized spacial score (nSPS) is 18.6. The lowest BCUT2D eigenvalue weighted by atomic mass is 9.99. The molecule has 1 aliphatic rings. The minimum Gasteiger partial charge on any atom is -0.210 e. The summed E-state index contributed by atoms with van der Waals surface area (Å²) in [5.74, 6) is 0. The fourth-order valence-corrected chi connectivity index (χ4v) is 6.38. The Hall–Kier alpha value is -0.820. The molecule has 1 aromatic carbocycles. The maximum atomic E-state index is 11.6. The van der Waals surface area contributed by atoms with E-state index < -0.39 is 22.2 Å². The predicted molar refractivity (Wildman–Crippen MR) is 80.5 cm³/mol. The third-order valence-electron chi connectivity index (χ3n) is 3.06. The smallest absolute Gasteiger partial charge is 0.210 e. The molecular formula is C12H10Cl2O4S2. The molecule has 0 bridgehead atoms. The fraction of sp³-hybridized carbons (Fsp3) is 0.167. The van der Waals surface area contributed by atoms with Crippen LogP contribution in [0.25, 0.3) is 5.57 Å². The maximum Gasteiger partial charge on any atom is 0.258 e. The van der Waals surface area contributed by atoms with E-state index >= 15 is 0 Å². The zero-order chi connectivity index (χ0) is 15.0. The molecule has 0 unspecified atom stereocenters. The van der Waals surface area contributed by atoms with Gasteiger partial charge in [0.15, 0.2) is 0 Å². The van der Waals surface area contributed by atoms with Gasteiger partial charge in [0.1, 0.15) is 0 Å². The highest BCUT2D eigenvalue weighted by molar-refractivity contribution is 8.30. The van der Waals surface area contributed by atoms with Crippen molar-refractivity contribution in [2.75, 3.05) is 0 Å². The SMILES string of the molecule is O=S(=O)(Cl)C1(S(=O)(=O)Cl)C=CC(c2ccccc2)=CC1. The van der Waals surface area contributed by atoms with Crippen LogP contribution in [0.5, 0.6) is 0 Å². The minimum absolute atomic E-state index is 0.328. The second kappa shape index (κ2) is 5.18. The monoisotopic (exact) mass is 352 g/mol.